The van der Waals surface area contributed by atoms with Gasteiger partial charge < -0.3 is 20.7 Å². The molecule has 4 N–H and O–H groups in total. The van der Waals surface area contributed by atoms with Crippen LogP contribution >= 0.6 is 0 Å². The zero-order chi connectivity index (χ0) is 19.2. The lowest BCUT2D eigenvalue weighted by atomic mass is 9.93. The van der Waals surface area contributed by atoms with Crippen LogP contribution in [0, 0.1) is 0 Å². The smallest absolute Gasteiger partial charge is 0.346 e. The minimum atomic E-state index is -1.58. The molecule has 3 rings (SSSR count). The van der Waals surface area contributed by atoms with E-state index >= 15 is 0 Å². The standard InChI is InChI=1S/C17H9NO8/c18-12-9(14(20)21)4-3-8(11(12)15(22)23)13(19)6-1-2-7-10(5-6)17(25)26-16(7)24/h1-5H,18H2,(H,20,21)(H,22,23). The molecule has 1 heterocycles. The van der Waals surface area contributed by atoms with Crippen LogP contribution in [-0.2, 0) is 4.74 Å². The number of ketones is 1. The van der Waals surface area contributed by atoms with E-state index in [0.29, 0.717) is 0 Å². The maximum absolute atomic E-state index is 12.7. The van der Waals surface area contributed by atoms with Crippen molar-refractivity contribution in [2.45, 2.75) is 0 Å². The molecule has 0 spiro atoms. The van der Waals surface area contributed by atoms with E-state index < -0.39 is 46.5 Å². The van der Waals surface area contributed by atoms with Crippen LogP contribution in [0.4, 0.5) is 5.69 Å². The Kier molecular flexibility index (Phi) is 3.76. The van der Waals surface area contributed by atoms with E-state index in [1.807, 2.05) is 0 Å². The van der Waals surface area contributed by atoms with Gasteiger partial charge in [-0.05, 0) is 24.3 Å². The van der Waals surface area contributed by atoms with Gasteiger partial charge in [-0.2, -0.15) is 0 Å². The number of benzene rings is 2. The molecule has 9 nitrogen and oxygen atoms in total. The van der Waals surface area contributed by atoms with Crippen LogP contribution < -0.4 is 5.73 Å². The number of rotatable bonds is 4. The van der Waals surface area contributed by atoms with Gasteiger partial charge in [-0.1, -0.05) is 6.07 Å². The molecule has 0 fully saturated rings. The lowest BCUT2D eigenvalue weighted by molar-refractivity contribution is 0.0442. The molecule has 26 heavy (non-hydrogen) atoms. The summed E-state index contributed by atoms with van der Waals surface area (Å²) < 4.78 is 4.43. The molecule has 2 aromatic carbocycles. The molecule has 0 atom stereocenters. The summed E-state index contributed by atoms with van der Waals surface area (Å²) in [6.45, 7) is 0. The number of carboxylic acid groups (broad SMARTS) is 2. The molecule has 0 aromatic heterocycles. The molecule has 1 aliphatic heterocycles. The second kappa shape index (κ2) is 5.81. The quantitative estimate of drug-likeness (QED) is 0.317. The first-order chi connectivity index (χ1) is 12.2. The molecule has 0 saturated heterocycles. The third-order valence-electron chi connectivity index (χ3n) is 3.84. The largest absolute Gasteiger partial charge is 0.478 e. The second-order valence-corrected chi connectivity index (χ2v) is 5.33. The molecule has 0 aliphatic carbocycles. The Morgan fingerprint density at radius 3 is 2.08 bits per heavy atom. The summed E-state index contributed by atoms with van der Waals surface area (Å²) in [6.07, 6.45) is 0. The first-order valence-electron chi connectivity index (χ1n) is 7.06. The molecule has 0 radical (unpaired) electrons. The fourth-order valence-electron chi connectivity index (χ4n) is 2.61. The number of ether oxygens (including phenoxy) is 1. The van der Waals surface area contributed by atoms with Crippen molar-refractivity contribution in [3.8, 4) is 0 Å². The van der Waals surface area contributed by atoms with Crippen molar-refractivity contribution in [2.24, 2.45) is 0 Å². The van der Waals surface area contributed by atoms with E-state index in [0.717, 1.165) is 18.2 Å². The number of esters is 2. The van der Waals surface area contributed by atoms with Crippen molar-refractivity contribution in [1.29, 1.82) is 0 Å². The third-order valence-corrected chi connectivity index (χ3v) is 3.84. The summed E-state index contributed by atoms with van der Waals surface area (Å²) in [5, 5.41) is 18.4. The summed E-state index contributed by atoms with van der Waals surface area (Å²) >= 11 is 0. The van der Waals surface area contributed by atoms with Gasteiger partial charge in [0.05, 0.1) is 27.9 Å². The minimum absolute atomic E-state index is 0.00857. The number of carbonyl (C=O) groups excluding carboxylic acids is 3. The van der Waals surface area contributed by atoms with Crippen molar-refractivity contribution in [3.05, 3.63) is 63.7 Å². The average Bonchev–Trinajstić information content (AvgIpc) is 2.87. The molecule has 9 heteroatoms. The summed E-state index contributed by atoms with van der Waals surface area (Å²) in [5.74, 6) is -5.59. The van der Waals surface area contributed by atoms with Crippen LogP contribution in [0.25, 0.3) is 0 Å². The minimum Gasteiger partial charge on any atom is -0.478 e. The Morgan fingerprint density at radius 1 is 0.846 bits per heavy atom. The lowest BCUT2D eigenvalue weighted by Gasteiger charge is -2.11. The number of carbonyl (C=O) groups is 5. The van der Waals surface area contributed by atoms with E-state index in [1.54, 1.807) is 0 Å². The van der Waals surface area contributed by atoms with Crippen LogP contribution in [0.2, 0.25) is 0 Å². The maximum atomic E-state index is 12.7. The summed E-state index contributed by atoms with van der Waals surface area (Å²) in [6, 6.07) is 5.60. The molecule has 130 valence electrons. The number of fused-ring (bicyclic) bond motifs is 1. The van der Waals surface area contributed by atoms with Crippen LogP contribution in [0.15, 0.2) is 30.3 Å². The first kappa shape index (κ1) is 16.8. The van der Waals surface area contributed by atoms with Gasteiger partial charge in [-0.3, -0.25) is 4.79 Å². The highest BCUT2D eigenvalue weighted by Crippen LogP contribution is 2.27. The highest BCUT2D eigenvalue weighted by molar-refractivity contribution is 6.20. The second-order valence-electron chi connectivity index (χ2n) is 5.33. The molecule has 0 amide bonds. The highest BCUT2D eigenvalue weighted by atomic mass is 16.6. The number of anilines is 1. The number of nitrogens with two attached hydrogens (primary N) is 1. The van der Waals surface area contributed by atoms with E-state index in [2.05, 4.69) is 4.74 Å². The highest BCUT2D eigenvalue weighted by Gasteiger charge is 2.31. The topological polar surface area (TPSA) is 161 Å². The van der Waals surface area contributed by atoms with Crippen molar-refractivity contribution < 1.29 is 38.9 Å². The van der Waals surface area contributed by atoms with Gasteiger partial charge >= 0.3 is 23.9 Å². The Hall–Kier alpha value is -4.01. The number of hydrogen-bond acceptors (Lipinski definition) is 7. The number of cyclic esters (lactones) is 2. The maximum Gasteiger partial charge on any atom is 0.346 e. The first-order valence-corrected chi connectivity index (χ1v) is 7.06. The predicted octanol–water partition coefficient (Wildman–Crippen LogP) is 1.21. The molecular formula is C17H9NO8. The molecular weight excluding hydrogens is 346 g/mol. The van der Waals surface area contributed by atoms with Crippen molar-refractivity contribution >= 4 is 35.3 Å². The zero-order valence-electron chi connectivity index (χ0n) is 12.8. The van der Waals surface area contributed by atoms with Gasteiger partial charge in [-0.25, -0.2) is 19.2 Å². The van der Waals surface area contributed by atoms with Crippen molar-refractivity contribution in [2.75, 3.05) is 5.73 Å². The molecule has 0 bridgehead atoms. The Bertz CT molecular complexity index is 1040. The zero-order valence-corrected chi connectivity index (χ0v) is 12.8. The Labute approximate surface area is 144 Å². The SMILES string of the molecule is Nc1c(C(=O)O)ccc(C(=O)c2ccc3c(c2)C(=O)OC3=O)c1C(=O)O. The van der Waals surface area contributed by atoms with Gasteiger partial charge in [0.25, 0.3) is 0 Å². The van der Waals surface area contributed by atoms with Gasteiger partial charge in [0.15, 0.2) is 5.78 Å². The van der Waals surface area contributed by atoms with Crippen molar-refractivity contribution in [1.82, 2.24) is 0 Å². The number of carboxylic acids is 2. The summed E-state index contributed by atoms with van der Waals surface area (Å²) in [4.78, 5) is 58.3. The van der Waals surface area contributed by atoms with Crippen LogP contribution in [0.1, 0.15) is 57.4 Å². The number of aromatic carboxylic acids is 2. The number of hydrogen-bond donors (Lipinski definition) is 3. The van der Waals surface area contributed by atoms with E-state index in [1.165, 1.54) is 12.1 Å². The molecule has 2 aromatic rings. The summed E-state index contributed by atoms with van der Waals surface area (Å²) in [7, 11) is 0. The Balaban J connectivity index is 2.15. The van der Waals surface area contributed by atoms with E-state index in [-0.39, 0.29) is 22.3 Å². The number of nitrogen functional groups attached to an aromatic ring is 1. The molecule has 0 unspecified atom stereocenters. The fraction of sp³-hybridized carbons (Fsp3) is 0. The average molecular weight is 355 g/mol. The normalized spacial score (nSPS) is 12.5. The van der Waals surface area contributed by atoms with Gasteiger partial charge in [0.2, 0.25) is 0 Å². The van der Waals surface area contributed by atoms with Crippen LogP contribution in [-0.4, -0.2) is 39.9 Å². The molecule has 1 aliphatic rings. The fourth-order valence-corrected chi connectivity index (χ4v) is 2.61. The van der Waals surface area contributed by atoms with E-state index in [4.69, 9.17) is 10.8 Å². The van der Waals surface area contributed by atoms with Crippen LogP contribution in [0.5, 0.6) is 0 Å². The lowest BCUT2D eigenvalue weighted by Crippen LogP contribution is -2.16. The monoisotopic (exact) mass is 355 g/mol. The van der Waals surface area contributed by atoms with Crippen LogP contribution in [0.3, 0.4) is 0 Å². The Morgan fingerprint density at radius 2 is 1.46 bits per heavy atom. The third kappa shape index (κ3) is 2.47. The summed E-state index contributed by atoms with van der Waals surface area (Å²) in [5.41, 5.74) is 3.36. The van der Waals surface area contributed by atoms with E-state index in [9.17, 15) is 29.1 Å². The van der Waals surface area contributed by atoms with Gasteiger partial charge in [0, 0.05) is 11.1 Å². The van der Waals surface area contributed by atoms with Gasteiger partial charge in [0.1, 0.15) is 0 Å². The van der Waals surface area contributed by atoms with Crippen molar-refractivity contribution in [3.63, 3.8) is 0 Å². The molecule has 0 saturated carbocycles. The predicted molar refractivity (Wildman–Crippen MR) is 84.4 cm³/mol. The van der Waals surface area contributed by atoms with Gasteiger partial charge in [-0.15, -0.1) is 0 Å².